The smallest absolute Gasteiger partial charge is 0.306 e. The van der Waals surface area contributed by atoms with Gasteiger partial charge in [0, 0.05) is 19.3 Å². The van der Waals surface area contributed by atoms with Crippen LogP contribution >= 0.6 is 0 Å². The van der Waals surface area contributed by atoms with Crippen LogP contribution in [0.15, 0.2) is 85.1 Å². The van der Waals surface area contributed by atoms with E-state index in [1.807, 2.05) is 0 Å². The molecule has 0 N–H and O–H groups in total. The lowest BCUT2D eigenvalue weighted by molar-refractivity contribution is -0.167. The number of carbonyl (C=O) groups is 3. The van der Waals surface area contributed by atoms with Crippen molar-refractivity contribution in [1.82, 2.24) is 0 Å². The summed E-state index contributed by atoms with van der Waals surface area (Å²) in [7, 11) is 0. The second kappa shape index (κ2) is 59.2. The van der Waals surface area contributed by atoms with Crippen molar-refractivity contribution in [1.29, 1.82) is 0 Å². The molecule has 6 nitrogen and oxygen atoms in total. The molecule has 0 heterocycles. The van der Waals surface area contributed by atoms with Gasteiger partial charge < -0.3 is 14.2 Å². The Morgan fingerprint density at radius 1 is 0.282 bits per heavy atom. The molecule has 0 saturated heterocycles. The molecule has 71 heavy (non-hydrogen) atoms. The molecule has 0 amide bonds. The molecule has 0 fully saturated rings. The van der Waals surface area contributed by atoms with Crippen molar-refractivity contribution < 1.29 is 28.6 Å². The minimum atomic E-state index is -0.795. The van der Waals surface area contributed by atoms with E-state index in [9.17, 15) is 14.4 Å². The van der Waals surface area contributed by atoms with E-state index in [4.69, 9.17) is 14.2 Å². The van der Waals surface area contributed by atoms with Gasteiger partial charge in [0.1, 0.15) is 13.2 Å². The van der Waals surface area contributed by atoms with Crippen LogP contribution in [0.25, 0.3) is 0 Å². The first kappa shape index (κ1) is 67.6. The second-order valence-electron chi connectivity index (χ2n) is 19.9. The summed E-state index contributed by atoms with van der Waals surface area (Å²) in [4.78, 5) is 38.2. The minimum Gasteiger partial charge on any atom is -0.462 e. The Bertz CT molecular complexity index is 1370. The van der Waals surface area contributed by atoms with Crippen molar-refractivity contribution >= 4 is 17.9 Å². The van der Waals surface area contributed by atoms with Crippen molar-refractivity contribution in [3.63, 3.8) is 0 Å². The Morgan fingerprint density at radius 3 is 0.845 bits per heavy atom. The second-order valence-corrected chi connectivity index (χ2v) is 19.9. The van der Waals surface area contributed by atoms with Crippen LogP contribution in [0.1, 0.15) is 290 Å². The molecule has 408 valence electrons. The van der Waals surface area contributed by atoms with E-state index in [2.05, 4.69) is 106 Å². The molecule has 0 saturated carbocycles. The molecule has 6 heteroatoms. The summed E-state index contributed by atoms with van der Waals surface area (Å²) < 4.78 is 16.9. The normalized spacial score (nSPS) is 12.7. The number of hydrogen-bond donors (Lipinski definition) is 0. The minimum absolute atomic E-state index is 0.0903. The number of carbonyl (C=O) groups excluding carboxylic acids is 3. The van der Waals surface area contributed by atoms with Crippen LogP contribution in [0.4, 0.5) is 0 Å². The van der Waals surface area contributed by atoms with Crippen molar-refractivity contribution in [3.05, 3.63) is 85.1 Å². The zero-order chi connectivity index (χ0) is 51.4. The van der Waals surface area contributed by atoms with Crippen LogP contribution in [0.2, 0.25) is 0 Å². The molecule has 1 atom stereocenters. The molecule has 0 radical (unpaired) electrons. The van der Waals surface area contributed by atoms with E-state index < -0.39 is 6.10 Å². The van der Waals surface area contributed by atoms with E-state index in [1.165, 1.54) is 161 Å². The highest BCUT2D eigenvalue weighted by atomic mass is 16.6. The molecule has 0 aromatic carbocycles. The van der Waals surface area contributed by atoms with Gasteiger partial charge in [-0.05, 0) is 122 Å². The Hall–Kier alpha value is -3.41. The molecule has 0 bridgehead atoms. The molecule has 0 aliphatic heterocycles. The van der Waals surface area contributed by atoms with Gasteiger partial charge in [0.25, 0.3) is 0 Å². The highest BCUT2D eigenvalue weighted by molar-refractivity contribution is 5.71. The summed E-state index contributed by atoms with van der Waals surface area (Å²) in [5.74, 6) is -0.923. The molecule has 0 rings (SSSR count). The van der Waals surface area contributed by atoms with E-state index in [0.717, 1.165) is 89.9 Å². The molecule has 0 aromatic rings. The largest absolute Gasteiger partial charge is 0.462 e. The van der Waals surface area contributed by atoms with Gasteiger partial charge in [-0.2, -0.15) is 0 Å². The summed E-state index contributed by atoms with van der Waals surface area (Å²) in [5.41, 5.74) is 0. The van der Waals surface area contributed by atoms with Gasteiger partial charge >= 0.3 is 17.9 Å². The van der Waals surface area contributed by atoms with Gasteiger partial charge in [0.15, 0.2) is 6.10 Å². The molecule has 0 aromatic heterocycles. The van der Waals surface area contributed by atoms with Gasteiger partial charge in [0.2, 0.25) is 0 Å². The fourth-order valence-corrected chi connectivity index (χ4v) is 8.27. The highest BCUT2D eigenvalue weighted by Crippen LogP contribution is 2.15. The standard InChI is InChI=1S/C65H112O6/c1-4-7-10-13-16-19-22-25-28-30-32-34-37-40-43-46-49-52-55-58-64(67)70-61-62(60-69-63(66)57-54-51-48-45-42-39-36-27-24-21-18-15-12-9-6-3)71-65(68)59-56-53-50-47-44-41-38-35-33-31-29-26-23-20-17-14-11-8-5-2/h16-17,19-21,24-26,28-29,32,34,40,43,62H,4-15,18,22-23,27,30-31,33,35-39,41-42,44-61H2,1-3H3/b19-16-,20-17-,24-21-,28-25-,29-26-,34-32-,43-40-/t62-/m0/s1. The first-order valence-corrected chi connectivity index (χ1v) is 30.1. The lowest BCUT2D eigenvalue weighted by Gasteiger charge is -2.18. The van der Waals surface area contributed by atoms with Crippen LogP contribution < -0.4 is 0 Å². The summed E-state index contributed by atoms with van der Waals surface area (Å²) in [6.45, 7) is 6.56. The number of esters is 3. The van der Waals surface area contributed by atoms with Gasteiger partial charge in [-0.25, -0.2) is 0 Å². The lowest BCUT2D eigenvalue weighted by atomic mass is 10.1. The third-order valence-corrected chi connectivity index (χ3v) is 12.8. The molecule has 0 aliphatic rings. The Labute approximate surface area is 439 Å². The van der Waals surface area contributed by atoms with Crippen molar-refractivity contribution in [2.45, 2.75) is 297 Å². The SMILES string of the molecule is CCCCC/C=C\C/C=C\C/C=C\C/C=C\CCCCCC(=O)OC[C@H](COC(=O)CCCCCCCCC/C=C\CCCCCC)OC(=O)CCCCCCCCCCC/C=C\C/C=C\CCCCC. The Kier molecular flexibility index (Phi) is 56.3. The maximum absolute atomic E-state index is 12.9. The van der Waals surface area contributed by atoms with Crippen LogP contribution in [0.5, 0.6) is 0 Å². The van der Waals surface area contributed by atoms with Gasteiger partial charge in [-0.3, -0.25) is 14.4 Å². The fraction of sp³-hybridized carbons (Fsp3) is 0.738. The summed E-state index contributed by atoms with van der Waals surface area (Å²) in [6, 6.07) is 0. The van der Waals surface area contributed by atoms with Crippen molar-refractivity contribution in [2.75, 3.05) is 13.2 Å². The topological polar surface area (TPSA) is 78.9 Å². The zero-order valence-electron chi connectivity index (χ0n) is 46.7. The number of allylic oxidation sites excluding steroid dienone is 14. The molecular formula is C65H112O6. The quantitative estimate of drug-likeness (QED) is 0.0261. The van der Waals surface area contributed by atoms with E-state index in [-0.39, 0.29) is 31.1 Å². The Balaban J connectivity index is 4.45. The maximum Gasteiger partial charge on any atom is 0.306 e. The van der Waals surface area contributed by atoms with Crippen LogP contribution in [0.3, 0.4) is 0 Å². The van der Waals surface area contributed by atoms with Crippen LogP contribution in [0, 0.1) is 0 Å². The van der Waals surface area contributed by atoms with E-state index >= 15 is 0 Å². The summed E-state index contributed by atoms with van der Waals surface area (Å²) >= 11 is 0. The van der Waals surface area contributed by atoms with Crippen LogP contribution in [-0.4, -0.2) is 37.2 Å². The fourth-order valence-electron chi connectivity index (χ4n) is 8.27. The third-order valence-electron chi connectivity index (χ3n) is 12.8. The first-order chi connectivity index (χ1) is 35.0. The van der Waals surface area contributed by atoms with Gasteiger partial charge in [-0.15, -0.1) is 0 Å². The predicted molar refractivity (Wildman–Crippen MR) is 307 cm³/mol. The molecular weight excluding hydrogens is 877 g/mol. The molecule has 0 unspecified atom stereocenters. The maximum atomic E-state index is 12.9. The number of ether oxygens (including phenoxy) is 3. The predicted octanol–water partition coefficient (Wildman–Crippen LogP) is 20.3. The summed E-state index contributed by atoms with van der Waals surface area (Å²) in [5, 5.41) is 0. The summed E-state index contributed by atoms with van der Waals surface area (Å²) in [6.07, 6.45) is 77.1. The van der Waals surface area contributed by atoms with Crippen molar-refractivity contribution in [3.8, 4) is 0 Å². The van der Waals surface area contributed by atoms with E-state index in [0.29, 0.717) is 19.3 Å². The average molecular weight is 990 g/mol. The van der Waals surface area contributed by atoms with Crippen LogP contribution in [-0.2, 0) is 28.6 Å². The number of rotatable bonds is 54. The number of hydrogen-bond acceptors (Lipinski definition) is 6. The zero-order valence-corrected chi connectivity index (χ0v) is 46.7. The number of unbranched alkanes of at least 4 members (excludes halogenated alkanes) is 29. The lowest BCUT2D eigenvalue weighted by Crippen LogP contribution is -2.30. The van der Waals surface area contributed by atoms with Gasteiger partial charge in [0.05, 0.1) is 0 Å². The molecule has 0 spiro atoms. The monoisotopic (exact) mass is 989 g/mol. The van der Waals surface area contributed by atoms with E-state index in [1.54, 1.807) is 0 Å². The van der Waals surface area contributed by atoms with Crippen molar-refractivity contribution in [2.24, 2.45) is 0 Å². The Morgan fingerprint density at radius 2 is 0.507 bits per heavy atom. The highest BCUT2D eigenvalue weighted by Gasteiger charge is 2.19. The third kappa shape index (κ3) is 57.4. The average Bonchev–Trinajstić information content (AvgIpc) is 3.37. The first-order valence-electron chi connectivity index (χ1n) is 30.1. The molecule has 0 aliphatic carbocycles. The van der Waals surface area contributed by atoms with Gasteiger partial charge in [-0.1, -0.05) is 234 Å².